The van der Waals surface area contributed by atoms with E-state index in [1.165, 1.54) is 12.3 Å². The molecular formula is C13H13F3N4O2S. The Morgan fingerprint density at radius 3 is 2.74 bits per heavy atom. The van der Waals surface area contributed by atoms with Gasteiger partial charge in [-0.3, -0.25) is 0 Å². The van der Waals surface area contributed by atoms with Crippen LogP contribution in [0.2, 0.25) is 0 Å². The third-order valence-corrected chi connectivity index (χ3v) is 4.18. The number of thiazole rings is 1. The molecule has 0 spiro atoms. The lowest BCUT2D eigenvalue weighted by molar-refractivity contribution is 0.0389. The van der Waals surface area contributed by atoms with E-state index in [1.54, 1.807) is 6.92 Å². The summed E-state index contributed by atoms with van der Waals surface area (Å²) in [6, 6.07) is 1.47. The molecule has 0 saturated heterocycles. The Bertz CT molecular complexity index is 725. The van der Waals surface area contributed by atoms with Gasteiger partial charge in [0, 0.05) is 6.20 Å². The number of alkyl halides is 3. The molecule has 2 heterocycles. The first kappa shape index (κ1) is 17.1. The van der Waals surface area contributed by atoms with Crippen LogP contribution in [-0.2, 0) is 5.41 Å². The van der Waals surface area contributed by atoms with E-state index in [4.69, 9.17) is 5.73 Å². The number of ether oxygens (including phenoxy) is 1. The molecule has 0 saturated carbocycles. The monoisotopic (exact) mass is 346 g/mol. The molecule has 0 aliphatic carbocycles. The molecule has 1 unspecified atom stereocenters. The van der Waals surface area contributed by atoms with Crippen molar-refractivity contribution in [2.75, 3.05) is 6.67 Å². The quantitative estimate of drug-likeness (QED) is 0.899. The molecule has 6 nitrogen and oxygen atoms in total. The molecule has 1 atom stereocenters. The van der Waals surface area contributed by atoms with Crippen molar-refractivity contribution in [3.8, 4) is 15.8 Å². The molecule has 2 N–H and O–H groups in total. The largest absolute Gasteiger partial charge is 0.411 e. The van der Waals surface area contributed by atoms with Crippen LogP contribution < -0.4 is 10.5 Å². The van der Waals surface area contributed by atoms with E-state index in [0.29, 0.717) is 10.6 Å². The van der Waals surface area contributed by atoms with E-state index in [1.807, 2.05) is 0 Å². The molecule has 2 aromatic heterocycles. The predicted octanol–water partition coefficient (Wildman–Crippen LogP) is 2.86. The number of nitrogens with two attached hydrogens (primary N) is 1. The van der Waals surface area contributed by atoms with E-state index >= 15 is 0 Å². The summed E-state index contributed by atoms with van der Waals surface area (Å²) in [5.41, 5.74) is 3.56. The number of nitrogens with zero attached hydrogens (tertiary/aromatic N) is 3. The molecule has 0 radical (unpaired) electrons. The highest BCUT2D eigenvalue weighted by atomic mass is 32.1. The van der Waals surface area contributed by atoms with Crippen molar-refractivity contribution in [3.05, 3.63) is 23.8 Å². The first-order valence-corrected chi connectivity index (χ1v) is 7.22. The summed E-state index contributed by atoms with van der Waals surface area (Å²) in [5.74, 6) is -0.308. The first-order valence-electron chi connectivity index (χ1n) is 6.40. The van der Waals surface area contributed by atoms with Crippen LogP contribution in [-0.4, -0.2) is 34.1 Å². The number of halogens is 3. The van der Waals surface area contributed by atoms with Crippen molar-refractivity contribution in [1.82, 2.24) is 15.0 Å². The number of hydrogen-bond acceptors (Lipinski definition) is 6. The van der Waals surface area contributed by atoms with Crippen LogP contribution in [0.25, 0.3) is 10.6 Å². The van der Waals surface area contributed by atoms with Crippen LogP contribution in [0.5, 0.6) is 5.19 Å². The molecule has 1 amide bonds. The van der Waals surface area contributed by atoms with E-state index in [-0.39, 0.29) is 16.7 Å². The van der Waals surface area contributed by atoms with E-state index in [9.17, 15) is 18.0 Å². The van der Waals surface area contributed by atoms with Crippen molar-refractivity contribution in [3.63, 3.8) is 0 Å². The number of carbonyl (C=O) groups is 1. The first-order chi connectivity index (χ1) is 10.8. The summed E-state index contributed by atoms with van der Waals surface area (Å²) in [6.45, 7) is 1.38. The molecule has 2 rings (SSSR count). The highest BCUT2D eigenvalue weighted by molar-refractivity contribution is 7.17. The zero-order valence-corrected chi connectivity index (χ0v) is 13.0. The number of aromatic nitrogens is 3. The Balaban J connectivity index is 2.44. The van der Waals surface area contributed by atoms with Gasteiger partial charge in [0.25, 0.3) is 11.6 Å². The Morgan fingerprint density at radius 1 is 1.48 bits per heavy atom. The average molecular weight is 346 g/mol. The maximum Gasteiger partial charge on any atom is 0.411 e. The van der Waals surface area contributed by atoms with E-state index in [0.717, 1.165) is 18.3 Å². The standard InChI is InChI=1S/C13H13F3N4O2S/c1-6-8(23-12(19-6)22-11(17)21)7-3-4-18-10(20-7)13(2,5-14)9(15)16/h3-4,9H,5H2,1-2H3,(H2,17,21). The number of hydrogen-bond donors (Lipinski definition) is 1. The van der Waals surface area contributed by atoms with Crippen molar-refractivity contribution >= 4 is 17.4 Å². The van der Waals surface area contributed by atoms with Crippen LogP contribution in [0.3, 0.4) is 0 Å². The van der Waals surface area contributed by atoms with Gasteiger partial charge in [0.2, 0.25) is 0 Å². The third kappa shape index (κ3) is 3.41. The summed E-state index contributed by atoms with van der Waals surface area (Å²) >= 11 is 0.971. The van der Waals surface area contributed by atoms with Gasteiger partial charge in [-0.05, 0) is 19.9 Å². The van der Waals surface area contributed by atoms with Gasteiger partial charge < -0.3 is 10.5 Å². The molecule has 0 aliphatic rings. The predicted molar refractivity (Wildman–Crippen MR) is 77.4 cm³/mol. The molecule has 0 bridgehead atoms. The molecule has 124 valence electrons. The number of carbonyl (C=O) groups excluding carboxylic acids is 1. The third-order valence-electron chi connectivity index (χ3n) is 3.12. The van der Waals surface area contributed by atoms with Crippen LogP contribution in [0.15, 0.2) is 12.3 Å². The highest BCUT2D eigenvalue weighted by Crippen LogP contribution is 2.35. The lowest BCUT2D eigenvalue weighted by Crippen LogP contribution is -2.35. The van der Waals surface area contributed by atoms with Gasteiger partial charge in [0.15, 0.2) is 0 Å². The van der Waals surface area contributed by atoms with Crippen LogP contribution >= 0.6 is 11.3 Å². The minimum Gasteiger partial charge on any atom is -0.381 e. The maximum absolute atomic E-state index is 13.1. The van der Waals surface area contributed by atoms with Crippen LogP contribution in [0.4, 0.5) is 18.0 Å². The van der Waals surface area contributed by atoms with Gasteiger partial charge in [0.1, 0.15) is 17.9 Å². The Kier molecular flexibility index (Phi) is 4.83. The fraction of sp³-hybridized carbons (Fsp3) is 0.385. The number of primary amides is 1. The molecular weight excluding hydrogens is 333 g/mol. The minimum absolute atomic E-state index is 0.00674. The Hall–Kier alpha value is -2.23. The van der Waals surface area contributed by atoms with Gasteiger partial charge in [-0.25, -0.2) is 32.9 Å². The smallest absolute Gasteiger partial charge is 0.381 e. The Labute approximate surface area is 133 Å². The molecule has 0 aliphatic heterocycles. The number of rotatable bonds is 5. The summed E-state index contributed by atoms with van der Waals surface area (Å²) in [6.07, 6.45) is -2.71. The summed E-state index contributed by atoms with van der Waals surface area (Å²) in [5, 5.41) is 0.00674. The normalized spacial score (nSPS) is 13.8. The number of amides is 1. The average Bonchev–Trinajstić information content (AvgIpc) is 2.86. The van der Waals surface area contributed by atoms with Gasteiger partial charge in [-0.15, -0.1) is 0 Å². The number of aryl methyl sites for hydroxylation is 1. The highest BCUT2D eigenvalue weighted by Gasteiger charge is 2.40. The second kappa shape index (κ2) is 6.49. The zero-order valence-electron chi connectivity index (χ0n) is 12.2. The molecule has 0 aromatic carbocycles. The van der Waals surface area contributed by atoms with Gasteiger partial charge >= 0.3 is 6.09 Å². The van der Waals surface area contributed by atoms with Gasteiger partial charge in [-0.1, -0.05) is 11.3 Å². The zero-order chi connectivity index (χ0) is 17.2. The van der Waals surface area contributed by atoms with Gasteiger partial charge in [-0.2, -0.15) is 0 Å². The summed E-state index contributed by atoms with van der Waals surface area (Å²) in [4.78, 5) is 23.0. The lowest BCUT2D eigenvalue weighted by atomic mass is 9.92. The van der Waals surface area contributed by atoms with Crippen LogP contribution in [0.1, 0.15) is 18.4 Å². The van der Waals surface area contributed by atoms with Gasteiger partial charge in [0.05, 0.1) is 16.3 Å². The second-order valence-electron chi connectivity index (χ2n) is 4.93. The van der Waals surface area contributed by atoms with Crippen molar-refractivity contribution in [1.29, 1.82) is 0 Å². The summed E-state index contributed by atoms with van der Waals surface area (Å²) < 4.78 is 44.0. The van der Waals surface area contributed by atoms with E-state index < -0.39 is 24.6 Å². The summed E-state index contributed by atoms with van der Waals surface area (Å²) in [7, 11) is 0. The van der Waals surface area contributed by atoms with Crippen molar-refractivity contribution in [2.45, 2.75) is 25.7 Å². The molecule has 10 heteroatoms. The minimum atomic E-state index is -2.96. The maximum atomic E-state index is 13.1. The topological polar surface area (TPSA) is 91.0 Å². The fourth-order valence-electron chi connectivity index (χ4n) is 1.72. The van der Waals surface area contributed by atoms with Crippen molar-refractivity contribution < 1.29 is 22.7 Å². The molecule has 23 heavy (non-hydrogen) atoms. The lowest BCUT2D eigenvalue weighted by Gasteiger charge is -2.23. The van der Waals surface area contributed by atoms with E-state index in [2.05, 4.69) is 19.7 Å². The van der Waals surface area contributed by atoms with Crippen LogP contribution in [0, 0.1) is 6.92 Å². The molecule has 0 fully saturated rings. The fourth-order valence-corrected chi connectivity index (χ4v) is 2.61. The molecule has 2 aromatic rings. The SMILES string of the molecule is Cc1nc(OC(N)=O)sc1-c1ccnc(C(C)(CF)C(F)F)n1. The second-order valence-corrected chi connectivity index (χ2v) is 5.89. The Morgan fingerprint density at radius 2 is 2.17 bits per heavy atom. The van der Waals surface area contributed by atoms with Crippen molar-refractivity contribution in [2.24, 2.45) is 5.73 Å².